The first kappa shape index (κ1) is 9.48. The van der Waals surface area contributed by atoms with Gasteiger partial charge in [-0.15, -0.1) is 11.3 Å². The molecule has 0 saturated carbocycles. The number of nitrogens with two attached hydrogens (primary N) is 1. The number of anilines is 1. The molecule has 0 aromatic carbocycles. The minimum absolute atomic E-state index is 0.680. The molecule has 1 heterocycles. The zero-order valence-corrected chi connectivity index (χ0v) is 8.37. The lowest BCUT2D eigenvalue weighted by molar-refractivity contribution is 0.719. The highest BCUT2D eigenvalue weighted by Gasteiger charge is 2.03. The number of nitrogens with one attached hydrogen (secondary N) is 1. The molecule has 4 heteroatoms. The van der Waals surface area contributed by atoms with Gasteiger partial charge in [0.1, 0.15) is 0 Å². The van der Waals surface area contributed by atoms with Gasteiger partial charge in [0.2, 0.25) is 0 Å². The third-order valence-electron chi connectivity index (χ3n) is 1.69. The Hall–Kier alpha value is -0.610. The summed E-state index contributed by atoms with van der Waals surface area (Å²) in [6.07, 6.45) is 1.04. The fraction of sp³-hybridized carbons (Fsp3) is 0.625. The molecule has 0 unspecified atom stereocenters. The Bertz CT molecular complexity index is 244. The zero-order valence-electron chi connectivity index (χ0n) is 7.55. The summed E-state index contributed by atoms with van der Waals surface area (Å²) in [4.78, 5) is 5.46. The second-order valence-corrected chi connectivity index (χ2v) is 3.78. The van der Waals surface area contributed by atoms with Crippen molar-refractivity contribution < 1.29 is 0 Å². The normalized spacial score (nSPS) is 10.5. The molecule has 0 radical (unpaired) electrons. The number of nitrogens with zero attached hydrogens (tertiary/aromatic N) is 1. The Balaban J connectivity index is 2.45. The van der Waals surface area contributed by atoms with E-state index in [1.165, 1.54) is 4.88 Å². The highest BCUT2D eigenvalue weighted by molar-refractivity contribution is 7.15. The smallest absolute Gasteiger partial charge is 0.180 e. The maximum absolute atomic E-state index is 5.57. The molecule has 1 aromatic rings. The van der Waals surface area contributed by atoms with E-state index in [1.54, 1.807) is 11.3 Å². The summed E-state index contributed by atoms with van der Waals surface area (Å²) in [5.74, 6) is 0. The Morgan fingerprint density at radius 3 is 2.83 bits per heavy atom. The molecule has 0 aliphatic carbocycles. The second kappa shape index (κ2) is 4.42. The highest BCUT2D eigenvalue weighted by Crippen LogP contribution is 2.19. The monoisotopic (exact) mass is 185 g/mol. The van der Waals surface area contributed by atoms with Gasteiger partial charge in [-0.25, -0.2) is 4.98 Å². The van der Waals surface area contributed by atoms with Crippen molar-refractivity contribution in [3.63, 3.8) is 0 Å². The van der Waals surface area contributed by atoms with Gasteiger partial charge in [0.05, 0.1) is 5.69 Å². The van der Waals surface area contributed by atoms with Crippen LogP contribution in [0.5, 0.6) is 0 Å². The van der Waals surface area contributed by atoms with E-state index in [1.807, 2.05) is 6.92 Å². The van der Waals surface area contributed by atoms with Crippen LogP contribution in [0.25, 0.3) is 0 Å². The lowest BCUT2D eigenvalue weighted by Crippen LogP contribution is -2.15. The van der Waals surface area contributed by atoms with Gasteiger partial charge in [0.15, 0.2) is 5.13 Å². The van der Waals surface area contributed by atoms with Gasteiger partial charge < -0.3 is 11.1 Å². The number of hydrogen-bond donors (Lipinski definition) is 2. The highest BCUT2D eigenvalue weighted by atomic mass is 32.1. The zero-order chi connectivity index (χ0) is 8.97. The van der Waals surface area contributed by atoms with Crippen LogP contribution in [-0.2, 0) is 6.42 Å². The van der Waals surface area contributed by atoms with Crippen LogP contribution >= 0.6 is 11.3 Å². The first-order chi connectivity index (χ1) is 5.74. The predicted molar refractivity (Wildman–Crippen MR) is 53.5 cm³/mol. The summed E-state index contributed by atoms with van der Waals surface area (Å²) in [6, 6.07) is 0. The molecule has 0 amide bonds. The van der Waals surface area contributed by atoms with Gasteiger partial charge in [-0.05, 0) is 19.9 Å². The number of nitrogen functional groups attached to an aromatic ring is 1. The van der Waals surface area contributed by atoms with Gasteiger partial charge in [0, 0.05) is 11.4 Å². The number of aromatic nitrogens is 1. The van der Waals surface area contributed by atoms with E-state index in [0.29, 0.717) is 5.13 Å². The van der Waals surface area contributed by atoms with E-state index in [0.717, 1.165) is 25.2 Å². The standard InChI is InChI=1S/C8H15N3S/c1-3-10-5-4-7-6(2)11-8(9)12-7/h10H,3-5H2,1-2H3,(H2,9,11). The molecular weight excluding hydrogens is 170 g/mol. The predicted octanol–water partition coefficient (Wildman–Crippen LogP) is 1.19. The molecule has 0 bridgehead atoms. The molecule has 0 atom stereocenters. The molecule has 3 N–H and O–H groups in total. The van der Waals surface area contributed by atoms with Crippen LogP contribution in [0.4, 0.5) is 5.13 Å². The summed E-state index contributed by atoms with van der Waals surface area (Å²) in [5, 5.41) is 3.95. The number of likely N-dealkylation sites (N-methyl/N-ethyl adjacent to an activating group) is 1. The SMILES string of the molecule is CCNCCc1sc(N)nc1C. The molecule has 0 saturated heterocycles. The molecule has 0 spiro atoms. The lowest BCUT2D eigenvalue weighted by atomic mass is 10.3. The van der Waals surface area contributed by atoms with Crippen LogP contribution in [0, 0.1) is 6.92 Å². The van der Waals surface area contributed by atoms with Crippen LogP contribution < -0.4 is 11.1 Å². The number of rotatable bonds is 4. The molecule has 3 nitrogen and oxygen atoms in total. The third kappa shape index (κ3) is 2.46. The van der Waals surface area contributed by atoms with Crippen LogP contribution in [0.1, 0.15) is 17.5 Å². The summed E-state index contributed by atoms with van der Waals surface area (Å²) >= 11 is 1.59. The molecule has 1 rings (SSSR count). The number of thiazole rings is 1. The molecular formula is C8H15N3S. The lowest BCUT2D eigenvalue weighted by Gasteiger charge is -1.98. The first-order valence-corrected chi connectivity index (χ1v) is 4.98. The number of hydrogen-bond acceptors (Lipinski definition) is 4. The second-order valence-electron chi connectivity index (χ2n) is 2.66. The average Bonchev–Trinajstić information content (AvgIpc) is 2.31. The van der Waals surface area contributed by atoms with Crippen molar-refractivity contribution in [2.75, 3.05) is 18.8 Å². The van der Waals surface area contributed by atoms with Crippen molar-refractivity contribution in [1.82, 2.24) is 10.3 Å². The summed E-state index contributed by atoms with van der Waals surface area (Å²) < 4.78 is 0. The summed E-state index contributed by atoms with van der Waals surface area (Å²) in [7, 11) is 0. The van der Waals surface area contributed by atoms with Crippen LogP contribution in [-0.4, -0.2) is 18.1 Å². The number of aryl methyl sites for hydroxylation is 1. The van der Waals surface area contributed by atoms with Crippen LogP contribution in [0.2, 0.25) is 0 Å². The fourth-order valence-corrected chi connectivity index (χ4v) is 1.89. The van der Waals surface area contributed by atoms with Crippen LogP contribution in [0.3, 0.4) is 0 Å². The van der Waals surface area contributed by atoms with Gasteiger partial charge in [0.25, 0.3) is 0 Å². The molecule has 0 aliphatic heterocycles. The van der Waals surface area contributed by atoms with Crippen LogP contribution in [0.15, 0.2) is 0 Å². The van der Waals surface area contributed by atoms with Crippen molar-refractivity contribution in [3.05, 3.63) is 10.6 Å². The van der Waals surface area contributed by atoms with Gasteiger partial charge in [-0.2, -0.15) is 0 Å². The molecule has 1 aromatic heterocycles. The van der Waals surface area contributed by atoms with Crippen molar-refractivity contribution in [2.45, 2.75) is 20.3 Å². The molecule has 68 valence electrons. The van der Waals surface area contributed by atoms with Gasteiger partial charge in [-0.1, -0.05) is 6.92 Å². The van der Waals surface area contributed by atoms with Crippen molar-refractivity contribution in [1.29, 1.82) is 0 Å². The maximum atomic E-state index is 5.57. The van der Waals surface area contributed by atoms with Crippen molar-refractivity contribution >= 4 is 16.5 Å². The topological polar surface area (TPSA) is 50.9 Å². The van der Waals surface area contributed by atoms with Crippen molar-refractivity contribution in [2.24, 2.45) is 0 Å². The largest absolute Gasteiger partial charge is 0.375 e. The van der Waals surface area contributed by atoms with Gasteiger partial charge >= 0.3 is 0 Å². The fourth-order valence-electron chi connectivity index (χ4n) is 1.06. The summed E-state index contributed by atoms with van der Waals surface area (Å²) in [6.45, 7) is 6.15. The minimum atomic E-state index is 0.680. The molecule has 0 aliphatic rings. The Morgan fingerprint density at radius 1 is 1.58 bits per heavy atom. The average molecular weight is 185 g/mol. The van der Waals surface area contributed by atoms with E-state index < -0.39 is 0 Å². The molecule has 12 heavy (non-hydrogen) atoms. The van der Waals surface area contributed by atoms with E-state index in [9.17, 15) is 0 Å². The van der Waals surface area contributed by atoms with E-state index in [-0.39, 0.29) is 0 Å². The quantitative estimate of drug-likeness (QED) is 0.693. The molecule has 0 fully saturated rings. The third-order valence-corrected chi connectivity index (χ3v) is 2.73. The Labute approximate surface area is 77.0 Å². The van der Waals surface area contributed by atoms with Gasteiger partial charge in [-0.3, -0.25) is 0 Å². The Kier molecular flexibility index (Phi) is 3.49. The van der Waals surface area contributed by atoms with E-state index >= 15 is 0 Å². The minimum Gasteiger partial charge on any atom is -0.375 e. The summed E-state index contributed by atoms with van der Waals surface area (Å²) in [5.41, 5.74) is 6.65. The maximum Gasteiger partial charge on any atom is 0.180 e. The van der Waals surface area contributed by atoms with E-state index in [4.69, 9.17) is 5.73 Å². The van der Waals surface area contributed by atoms with Crippen molar-refractivity contribution in [3.8, 4) is 0 Å². The van der Waals surface area contributed by atoms with E-state index in [2.05, 4.69) is 17.2 Å². The Morgan fingerprint density at radius 2 is 2.33 bits per heavy atom. The first-order valence-electron chi connectivity index (χ1n) is 4.16.